The Morgan fingerprint density at radius 1 is 1.17 bits per heavy atom. The van der Waals surface area contributed by atoms with Crippen LogP contribution >= 0.6 is 0 Å². The summed E-state index contributed by atoms with van der Waals surface area (Å²) in [5.41, 5.74) is 6.81. The van der Waals surface area contributed by atoms with Gasteiger partial charge in [-0.3, -0.25) is 4.79 Å². The maximum Gasteiger partial charge on any atom is 0.314 e. The van der Waals surface area contributed by atoms with Crippen molar-refractivity contribution in [2.24, 2.45) is 10.7 Å². The van der Waals surface area contributed by atoms with Crippen LogP contribution in [0.15, 0.2) is 53.5 Å². The largest absolute Gasteiger partial charge is 0.352 e. The average molecular weight is 326 g/mol. The van der Waals surface area contributed by atoms with Gasteiger partial charge < -0.3 is 16.0 Å². The van der Waals surface area contributed by atoms with Gasteiger partial charge in [-0.1, -0.05) is 30.3 Å². The molecule has 2 aromatic rings. The highest BCUT2D eigenvalue weighted by atomic mass is 19.1. The van der Waals surface area contributed by atoms with Crippen molar-refractivity contribution in [3.8, 4) is 0 Å². The fourth-order valence-corrected chi connectivity index (χ4v) is 2.62. The van der Waals surface area contributed by atoms with Crippen LogP contribution in [0.3, 0.4) is 0 Å². The van der Waals surface area contributed by atoms with E-state index in [0.717, 1.165) is 0 Å². The second-order valence-electron chi connectivity index (χ2n) is 5.28. The molecule has 1 unspecified atom stereocenters. The van der Waals surface area contributed by atoms with Gasteiger partial charge in [0.2, 0.25) is 6.17 Å². The van der Waals surface area contributed by atoms with Gasteiger partial charge in [-0.25, -0.2) is 14.2 Å². The number of benzodiazepines with no additional fused rings is 1. The summed E-state index contributed by atoms with van der Waals surface area (Å²) in [6.07, 6.45) is -1.23. The van der Waals surface area contributed by atoms with Crippen molar-refractivity contribution in [1.29, 1.82) is 0 Å². The van der Waals surface area contributed by atoms with Crippen LogP contribution in [0.4, 0.5) is 14.9 Å². The highest BCUT2D eigenvalue weighted by Crippen LogP contribution is 2.27. The first kappa shape index (κ1) is 15.7. The zero-order valence-corrected chi connectivity index (χ0v) is 12.9. The molecule has 0 aliphatic carbocycles. The molecule has 3 N–H and O–H groups in total. The number of hydrogen-bond donors (Lipinski definition) is 2. The molecule has 6 nitrogen and oxygen atoms in total. The number of para-hydroxylation sites is 1. The summed E-state index contributed by atoms with van der Waals surface area (Å²) in [5.74, 6) is -0.937. The SMILES string of the molecule is CN1C(=O)C(NC(N)=O)N=C(c2ccccc2F)c2ccccc21. The van der Waals surface area contributed by atoms with E-state index >= 15 is 0 Å². The minimum Gasteiger partial charge on any atom is -0.352 e. The van der Waals surface area contributed by atoms with E-state index in [1.54, 1.807) is 49.5 Å². The standard InChI is InChI=1S/C17H15FN4O2/c1-22-13-9-5-3-7-11(13)14(10-6-2-4-8-12(10)18)20-15(16(22)23)21-17(19)24/h2-9,15H,1H3,(H3,19,21,24). The fraction of sp³-hybridized carbons (Fsp3) is 0.118. The highest BCUT2D eigenvalue weighted by Gasteiger charge is 2.31. The zero-order valence-electron chi connectivity index (χ0n) is 12.9. The number of nitrogens with two attached hydrogens (primary N) is 1. The highest BCUT2D eigenvalue weighted by molar-refractivity contribution is 6.20. The average Bonchev–Trinajstić information content (AvgIpc) is 2.66. The number of nitrogens with zero attached hydrogens (tertiary/aromatic N) is 2. The molecule has 0 fully saturated rings. The summed E-state index contributed by atoms with van der Waals surface area (Å²) in [6.45, 7) is 0. The third kappa shape index (κ3) is 2.71. The first-order chi connectivity index (χ1) is 11.5. The molecule has 1 atom stereocenters. The Labute approximate surface area is 137 Å². The zero-order chi connectivity index (χ0) is 17.3. The molecule has 122 valence electrons. The third-order valence-electron chi connectivity index (χ3n) is 3.75. The number of halogens is 1. The monoisotopic (exact) mass is 326 g/mol. The number of urea groups is 1. The van der Waals surface area contributed by atoms with Crippen LogP contribution < -0.4 is 16.0 Å². The Bertz CT molecular complexity index is 850. The van der Waals surface area contributed by atoms with Crippen molar-refractivity contribution in [2.45, 2.75) is 6.17 Å². The molecule has 0 saturated heterocycles. The number of amides is 3. The lowest BCUT2D eigenvalue weighted by molar-refractivity contribution is -0.119. The van der Waals surface area contributed by atoms with Crippen LogP contribution in [0.2, 0.25) is 0 Å². The number of hydrogen-bond acceptors (Lipinski definition) is 3. The van der Waals surface area contributed by atoms with Crippen molar-refractivity contribution >= 4 is 23.3 Å². The van der Waals surface area contributed by atoms with Crippen LogP contribution in [0.1, 0.15) is 11.1 Å². The van der Waals surface area contributed by atoms with Gasteiger partial charge in [-0.05, 0) is 18.2 Å². The summed E-state index contributed by atoms with van der Waals surface area (Å²) < 4.78 is 14.3. The molecule has 1 aliphatic heterocycles. The summed E-state index contributed by atoms with van der Waals surface area (Å²) in [7, 11) is 1.57. The molecule has 7 heteroatoms. The predicted molar refractivity (Wildman–Crippen MR) is 88.4 cm³/mol. The van der Waals surface area contributed by atoms with Gasteiger partial charge in [0.05, 0.1) is 11.4 Å². The number of primary amides is 1. The van der Waals surface area contributed by atoms with Crippen LogP contribution in [0.5, 0.6) is 0 Å². The fourth-order valence-electron chi connectivity index (χ4n) is 2.62. The van der Waals surface area contributed by atoms with Gasteiger partial charge in [0.25, 0.3) is 5.91 Å². The molecule has 0 radical (unpaired) electrons. The van der Waals surface area contributed by atoms with Crippen molar-refractivity contribution in [3.63, 3.8) is 0 Å². The Hall–Kier alpha value is -3.22. The van der Waals surface area contributed by atoms with Crippen LogP contribution in [0, 0.1) is 5.82 Å². The van der Waals surface area contributed by atoms with E-state index in [1.165, 1.54) is 11.0 Å². The number of carbonyl (C=O) groups is 2. The summed E-state index contributed by atoms with van der Waals surface area (Å²) in [4.78, 5) is 29.4. The maximum atomic E-state index is 14.3. The smallest absolute Gasteiger partial charge is 0.314 e. The lowest BCUT2D eigenvalue weighted by Gasteiger charge is -2.20. The molecular weight excluding hydrogens is 311 g/mol. The van der Waals surface area contributed by atoms with Gasteiger partial charge in [0.1, 0.15) is 5.82 Å². The quantitative estimate of drug-likeness (QED) is 0.878. The molecular formula is C17H15FN4O2. The van der Waals surface area contributed by atoms with Gasteiger partial charge in [0.15, 0.2) is 0 Å². The number of aliphatic imine (C=N–C) groups is 1. The van der Waals surface area contributed by atoms with Gasteiger partial charge in [0, 0.05) is 18.2 Å². The lowest BCUT2D eigenvalue weighted by atomic mass is 10.00. The number of benzene rings is 2. The third-order valence-corrected chi connectivity index (χ3v) is 3.75. The molecule has 3 rings (SSSR count). The van der Waals surface area contributed by atoms with Crippen molar-refractivity contribution in [1.82, 2.24) is 5.32 Å². The molecule has 0 bridgehead atoms. The molecule has 24 heavy (non-hydrogen) atoms. The Kier molecular flexibility index (Phi) is 3.99. The van der Waals surface area contributed by atoms with E-state index in [1.807, 2.05) is 0 Å². The van der Waals surface area contributed by atoms with E-state index in [-0.39, 0.29) is 11.3 Å². The first-order valence-corrected chi connectivity index (χ1v) is 7.24. The van der Waals surface area contributed by atoms with Gasteiger partial charge in [-0.2, -0.15) is 0 Å². The van der Waals surface area contributed by atoms with Crippen molar-refractivity contribution in [2.75, 3.05) is 11.9 Å². The number of likely N-dealkylation sites (N-methyl/N-ethyl adjacent to an activating group) is 1. The number of nitrogens with one attached hydrogen (secondary N) is 1. The number of carbonyl (C=O) groups excluding carboxylic acids is 2. The Balaban J connectivity index is 2.25. The van der Waals surface area contributed by atoms with E-state index < -0.39 is 23.9 Å². The molecule has 1 heterocycles. The molecule has 0 saturated carbocycles. The van der Waals surface area contributed by atoms with E-state index in [4.69, 9.17) is 5.73 Å². The summed E-state index contributed by atoms with van der Waals surface area (Å²) in [5, 5.41) is 2.29. The van der Waals surface area contributed by atoms with Crippen LogP contribution in [0.25, 0.3) is 0 Å². The second kappa shape index (κ2) is 6.11. The maximum absolute atomic E-state index is 14.3. The minimum atomic E-state index is -1.23. The van der Waals surface area contributed by atoms with E-state index in [2.05, 4.69) is 10.3 Å². The summed E-state index contributed by atoms with van der Waals surface area (Å²) >= 11 is 0. The number of rotatable bonds is 2. The van der Waals surface area contributed by atoms with Crippen molar-refractivity contribution < 1.29 is 14.0 Å². The second-order valence-corrected chi connectivity index (χ2v) is 5.28. The Morgan fingerprint density at radius 3 is 2.46 bits per heavy atom. The number of fused-ring (bicyclic) bond motifs is 1. The van der Waals surface area contributed by atoms with Gasteiger partial charge in [-0.15, -0.1) is 0 Å². The molecule has 0 aromatic heterocycles. The first-order valence-electron chi connectivity index (χ1n) is 7.24. The molecule has 2 aromatic carbocycles. The van der Waals surface area contributed by atoms with Crippen molar-refractivity contribution in [3.05, 3.63) is 65.5 Å². The Morgan fingerprint density at radius 2 is 1.79 bits per heavy atom. The van der Waals surface area contributed by atoms with Crippen LogP contribution in [-0.2, 0) is 4.79 Å². The normalized spacial score (nSPS) is 16.9. The lowest BCUT2D eigenvalue weighted by Crippen LogP contribution is -2.47. The van der Waals surface area contributed by atoms with Crippen LogP contribution in [-0.4, -0.2) is 30.9 Å². The molecule has 3 amide bonds. The van der Waals surface area contributed by atoms with E-state index in [9.17, 15) is 14.0 Å². The molecule has 0 spiro atoms. The summed E-state index contributed by atoms with van der Waals surface area (Å²) in [6, 6.07) is 12.3. The van der Waals surface area contributed by atoms with E-state index in [0.29, 0.717) is 11.3 Å². The molecule has 1 aliphatic rings. The predicted octanol–water partition coefficient (Wildman–Crippen LogP) is 1.63. The number of anilines is 1. The minimum absolute atomic E-state index is 0.240. The topological polar surface area (TPSA) is 87.8 Å². The van der Waals surface area contributed by atoms with Gasteiger partial charge >= 0.3 is 6.03 Å².